The lowest BCUT2D eigenvalue weighted by molar-refractivity contribution is -0.154. The summed E-state index contributed by atoms with van der Waals surface area (Å²) in [7, 11) is -3.71. The van der Waals surface area contributed by atoms with Crippen molar-refractivity contribution in [1.29, 1.82) is 0 Å². The van der Waals surface area contributed by atoms with E-state index in [-0.39, 0.29) is 24.8 Å². The molecule has 34 heavy (non-hydrogen) atoms. The monoisotopic (exact) mass is 505 g/mol. The SMILES string of the molecule is CCOC(=O)C(C)(Cc1ccc(C)cc1)n1nc([C@H](C)O[Si](C)(C)C)nc1[C@H](C)O[Si](C)(C)C. The molecule has 0 saturated heterocycles. The van der Waals surface area contributed by atoms with Gasteiger partial charge in [-0.1, -0.05) is 29.8 Å². The third kappa shape index (κ3) is 7.59. The van der Waals surface area contributed by atoms with E-state index in [4.69, 9.17) is 23.7 Å². The lowest BCUT2D eigenvalue weighted by atomic mass is 9.92. The van der Waals surface area contributed by atoms with Crippen molar-refractivity contribution in [2.45, 2.75) is 98.1 Å². The van der Waals surface area contributed by atoms with E-state index in [9.17, 15) is 4.79 Å². The zero-order chi connectivity index (χ0) is 25.9. The minimum atomic E-state index is -1.89. The first-order valence-electron chi connectivity index (χ1n) is 12.1. The standard InChI is InChI=1S/C25H43N3O4Si2/c1-12-30-24(29)25(5,17-21-15-13-18(2)14-16-21)28-23(20(4)32-34(9,10)11)26-22(27-28)19(3)31-33(6,7)8/h13-16,19-20H,12,17H2,1-11H3/t19-,20-,25?/m0/s1. The van der Waals surface area contributed by atoms with Crippen LogP contribution in [0.25, 0.3) is 0 Å². The van der Waals surface area contributed by atoms with Gasteiger partial charge in [-0.25, -0.2) is 14.5 Å². The highest BCUT2D eigenvalue weighted by Gasteiger charge is 2.42. The number of ether oxygens (including phenoxy) is 1. The van der Waals surface area contributed by atoms with E-state index in [2.05, 4.69) is 51.4 Å². The van der Waals surface area contributed by atoms with Crippen LogP contribution < -0.4 is 0 Å². The number of aryl methyl sites for hydroxylation is 1. The third-order valence-corrected chi connectivity index (χ3v) is 7.41. The van der Waals surface area contributed by atoms with Crippen molar-refractivity contribution in [3.8, 4) is 0 Å². The summed E-state index contributed by atoms with van der Waals surface area (Å²) in [5, 5.41) is 4.87. The highest BCUT2D eigenvalue weighted by molar-refractivity contribution is 6.70. The summed E-state index contributed by atoms with van der Waals surface area (Å²) in [5.74, 6) is 0.834. The first-order chi connectivity index (χ1) is 15.6. The molecule has 3 atom stereocenters. The molecular formula is C25H43N3O4Si2. The van der Waals surface area contributed by atoms with Gasteiger partial charge in [-0.15, -0.1) is 0 Å². The smallest absolute Gasteiger partial charge is 0.334 e. The molecule has 1 aromatic heterocycles. The number of hydrogen-bond donors (Lipinski definition) is 0. The van der Waals surface area contributed by atoms with E-state index >= 15 is 0 Å². The number of benzene rings is 1. The van der Waals surface area contributed by atoms with Gasteiger partial charge >= 0.3 is 5.97 Å². The Bertz CT molecular complexity index is 964. The number of aromatic nitrogens is 3. The van der Waals surface area contributed by atoms with Crippen molar-refractivity contribution < 1.29 is 18.4 Å². The number of carbonyl (C=O) groups is 1. The first kappa shape index (κ1) is 28.4. The van der Waals surface area contributed by atoms with E-state index in [1.54, 1.807) is 4.68 Å². The van der Waals surface area contributed by atoms with E-state index in [1.807, 2.05) is 46.8 Å². The lowest BCUT2D eigenvalue weighted by Gasteiger charge is -2.31. The molecule has 1 aromatic carbocycles. The van der Waals surface area contributed by atoms with Crippen molar-refractivity contribution in [2.75, 3.05) is 6.61 Å². The Morgan fingerprint density at radius 1 is 1.00 bits per heavy atom. The fourth-order valence-electron chi connectivity index (χ4n) is 3.93. The molecule has 0 aliphatic heterocycles. The van der Waals surface area contributed by atoms with Gasteiger partial charge in [0.2, 0.25) is 0 Å². The van der Waals surface area contributed by atoms with Crippen LogP contribution in [-0.2, 0) is 30.3 Å². The lowest BCUT2D eigenvalue weighted by Crippen LogP contribution is -2.45. The molecule has 190 valence electrons. The largest absolute Gasteiger partial charge is 0.464 e. The van der Waals surface area contributed by atoms with Crippen LogP contribution in [0.1, 0.15) is 62.7 Å². The quantitative estimate of drug-likeness (QED) is 0.278. The van der Waals surface area contributed by atoms with Gasteiger partial charge in [-0.3, -0.25) is 0 Å². The van der Waals surface area contributed by atoms with Crippen LogP contribution in [0.3, 0.4) is 0 Å². The summed E-state index contributed by atoms with van der Waals surface area (Å²) in [5.41, 5.74) is 1.09. The second-order valence-corrected chi connectivity index (χ2v) is 20.1. The zero-order valence-electron chi connectivity index (χ0n) is 22.9. The Labute approximate surface area is 207 Å². The second kappa shape index (κ2) is 10.8. The van der Waals surface area contributed by atoms with Crippen molar-refractivity contribution in [3.05, 3.63) is 47.0 Å². The van der Waals surface area contributed by atoms with Crippen LogP contribution in [0.4, 0.5) is 0 Å². The van der Waals surface area contributed by atoms with E-state index in [0.717, 1.165) is 5.56 Å². The third-order valence-electron chi connectivity index (χ3n) is 5.29. The topological polar surface area (TPSA) is 75.5 Å². The zero-order valence-corrected chi connectivity index (χ0v) is 24.9. The Kier molecular flexibility index (Phi) is 9.07. The van der Waals surface area contributed by atoms with Gasteiger partial charge in [0.15, 0.2) is 33.8 Å². The van der Waals surface area contributed by atoms with Crippen molar-refractivity contribution >= 4 is 22.6 Å². The Morgan fingerprint density at radius 2 is 1.53 bits per heavy atom. The molecule has 0 aliphatic carbocycles. The predicted octanol–water partition coefficient (Wildman–Crippen LogP) is 5.93. The fourth-order valence-corrected chi connectivity index (χ4v) is 6.26. The van der Waals surface area contributed by atoms with Gasteiger partial charge in [0.05, 0.1) is 6.61 Å². The van der Waals surface area contributed by atoms with Gasteiger partial charge in [-0.2, -0.15) is 5.10 Å². The minimum Gasteiger partial charge on any atom is -0.464 e. The molecule has 2 rings (SSSR count). The maximum Gasteiger partial charge on any atom is 0.334 e. The molecule has 2 aromatic rings. The second-order valence-electron chi connectivity index (χ2n) is 11.1. The van der Waals surface area contributed by atoms with Crippen LogP contribution in [0.2, 0.25) is 39.3 Å². The molecule has 1 unspecified atom stereocenters. The molecule has 0 radical (unpaired) electrons. The van der Waals surface area contributed by atoms with Gasteiger partial charge in [-0.05, 0) is 79.5 Å². The molecule has 1 heterocycles. The van der Waals surface area contributed by atoms with E-state index in [0.29, 0.717) is 18.1 Å². The molecule has 0 bridgehead atoms. The number of hydrogen-bond acceptors (Lipinski definition) is 6. The van der Waals surface area contributed by atoms with Crippen molar-refractivity contribution in [1.82, 2.24) is 14.8 Å². The summed E-state index contributed by atoms with van der Waals surface area (Å²) in [4.78, 5) is 18.3. The van der Waals surface area contributed by atoms with E-state index in [1.165, 1.54) is 5.56 Å². The van der Waals surface area contributed by atoms with Crippen LogP contribution in [0.15, 0.2) is 24.3 Å². The summed E-state index contributed by atoms with van der Waals surface area (Å²) in [6, 6.07) is 8.19. The normalized spacial score (nSPS) is 16.1. The number of carbonyl (C=O) groups excluding carboxylic acids is 1. The molecular weight excluding hydrogens is 462 g/mol. The van der Waals surface area contributed by atoms with Gasteiger partial charge in [0.1, 0.15) is 12.2 Å². The van der Waals surface area contributed by atoms with Gasteiger partial charge in [0.25, 0.3) is 0 Å². The van der Waals surface area contributed by atoms with Gasteiger partial charge in [0, 0.05) is 6.42 Å². The Balaban J connectivity index is 2.65. The van der Waals surface area contributed by atoms with Crippen molar-refractivity contribution in [3.63, 3.8) is 0 Å². The minimum absolute atomic E-state index is 0.287. The molecule has 0 aliphatic rings. The van der Waals surface area contributed by atoms with Crippen LogP contribution >= 0.6 is 0 Å². The summed E-state index contributed by atoms with van der Waals surface area (Å²) >= 11 is 0. The summed E-state index contributed by atoms with van der Waals surface area (Å²) < 4.78 is 20.0. The molecule has 0 N–H and O–H groups in total. The Morgan fingerprint density at radius 3 is 2.03 bits per heavy atom. The van der Waals surface area contributed by atoms with E-state index < -0.39 is 22.2 Å². The first-order valence-corrected chi connectivity index (χ1v) is 18.9. The molecule has 0 spiro atoms. The molecule has 0 fully saturated rings. The molecule has 0 amide bonds. The summed E-state index contributed by atoms with van der Waals surface area (Å²) in [6.45, 7) is 22.8. The average molecular weight is 506 g/mol. The maximum absolute atomic E-state index is 13.4. The van der Waals surface area contributed by atoms with Gasteiger partial charge < -0.3 is 13.6 Å². The number of rotatable bonds is 11. The van der Waals surface area contributed by atoms with Crippen molar-refractivity contribution in [2.24, 2.45) is 0 Å². The number of esters is 1. The fraction of sp³-hybridized carbons (Fsp3) is 0.640. The maximum atomic E-state index is 13.4. The summed E-state index contributed by atoms with van der Waals surface area (Å²) in [6.07, 6.45) is -0.208. The average Bonchev–Trinajstić information content (AvgIpc) is 3.14. The molecule has 7 nitrogen and oxygen atoms in total. The van der Waals surface area contributed by atoms with Crippen LogP contribution in [0, 0.1) is 6.92 Å². The number of nitrogens with zero attached hydrogens (tertiary/aromatic N) is 3. The van der Waals surface area contributed by atoms with Crippen LogP contribution in [-0.4, -0.2) is 44.0 Å². The Hall–Kier alpha value is -1.82. The van der Waals surface area contributed by atoms with Crippen LogP contribution in [0.5, 0.6) is 0 Å². The highest BCUT2D eigenvalue weighted by Crippen LogP contribution is 2.31. The molecule has 9 heteroatoms. The predicted molar refractivity (Wildman–Crippen MR) is 141 cm³/mol. The molecule has 0 saturated carbocycles. The highest BCUT2D eigenvalue weighted by atomic mass is 28.4.